The molecule has 0 bridgehead atoms. The van der Waals surface area contributed by atoms with Gasteiger partial charge in [-0.25, -0.2) is 0 Å². The first kappa shape index (κ1) is 17.1. The number of anilines is 1. The van der Waals surface area contributed by atoms with E-state index in [0.29, 0.717) is 23.1 Å². The molecule has 5 nitrogen and oxygen atoms in total. The summed E-state index contributed by atoms with van der Waals surface area (Å²) in [7, 11) is 0. The predicted molar refractivity (Wildman–Crippen MR) is 87.7 cm³/mol. The highest BCUT2D eigenvalue weighted by Gasteiger charge is 2.15. The van der Waals surface area contributed by atoms with Crippen molar-refractivity contribution in [3.8, 4) is 5.75 Å². The number of hydrogen-bond donors (Lipinski definition) is 2. The molecule has 0 radical (unpaired) electrons. The van der Waals surface area contributed by atoms with Crippen LogP contribution >= 0.6 is 11.6 Å². The number of carbonyl (C=O) groups excluding carboxylic acids is 1. The molecule has 122 valence electrons. The lowest BCUT2D eigenvalue weighted by atomic mass is 10.1. The monoisotopic (exact) mass is 326 g/mol. The van der Waals surface area contributed by atoms with Gasteiger partial charge in [0, 0.05) is 5.02 Å². The molecule has 1 aliphatic rings. The van der Waals surface area contributed by atoms with E-state index in [4.69, 9.17) is 21.1 Å². The third kappa shape index (κ3) is 5.48. The summed E-state index contributed by atoms with van der Waals surface area (Å²) in [5, 5.41) is 6.63. The second-order valence-electron chi connectivity index (χ2n) is 5.30. The van der Waals surface area contributed by atoms with Gasteiger partial charge in [-0.2, -0.15) is 0 Å². The van der Waals surface area contributed by atoms with Gasteiger partial charge in [-0.05, 0) is 50.6 Å². The zero-order valence-corrected chi connectivity index (χ0v) is 13.6. The number of halogens is 1. The SMILES string of the molecule is CCCOc1ccc(Cl)cc1NC(=O)COC1CCNCC1. The van der Waals surface area contributed by atoms with Gasteiger partial charge in [0.25, 0.3) is 0 Å². The molecule has 0 aromatic heterocycles. The Bertz CT molecular complexity index is 490. The maximum atomic E-state index is 12.0. The summed E-state index contributed by atoms with van der Waals surface area (Å²) in [4.78, 5) is 12.0. The van der Waals surface area contributed by atoms with Crippen LogP contribution in [0.4, 0.5) is 5.69 Å². The number of amides is 1. The summed E-state index contributed by atoms with van der Waals surface area (Å²) in [6.45, 7) is 4.55. The fourth-order valence-corrected chi connectivity index (χ4v) is 2.45. The molecule has 1 saturated heterocycles. The molecular weight excluding hydrogens is 304 g/mol. The second-order valence-corrected chi connectivity index (χ2v) is 5.73. The van der Waals surface area contributed by atoms with E-state index in [-0.39, 0.29) is 18.6 Å². The van der Waals surface area contributed by atoms with Crippen molar-refractivity contribution in [3.63, 3.8) is 0 Å². The third-order valence-electron chi connectivity index (χ3n) is 3.41. The van der Waals surface area contributed by atoms with Crippen molar-refractivity contribution in [1.82, 2.24) is 5.32 Å². The molecule has 1 fully saturated rings. The van der Waals surface area contributed by atoms with E-state index >= 15 is 0 Å². The Morgan fingerprint density at radius 2 is 2.18 bits per heavy atom. The smallest absolute Gasteiger partial charge is 0.250 e. The Kier molecular flexibility index (Phi) is 6.96. The zero-order valence-electron chi connectivity index (χ0n) is 12.9. The van der Waals surface area contributed by atoms with Gasteiger partial charge in [0.05, 0.1) is 18.4 Å². The van der Waals surface area contributed by atoms with Crippen LogP contribution in [0, 0.1) is 0 Å². The Morgan fingerprint density at radius 3 is 2.91 bits per heavy atom. The minimum atomic E-state index is -0.192. The second kappa shape index (κ2) is 8.98. The normalized spacial score (nSPS) is 15.5. The van der Waals surface area contributed by atoms with Gasteiger partial charge in [0.2, 0.25) is 5.91 Å². The molecule has 0 saturated carbocycles. The summed E-state index contributed by atoms with van der Waals surface area (Å²) in [6.07, 6.45) is 2.93. The van der Waals surface area contributed by atoms with Gasteiger partial charge in [0.15, 0.2) is 0 Å². The van der Waals surface area contributed by atoms with E-state index < -0.39 is 0 Å². The van der Waals surface area contributed by atoms with Crippen molar-refractivity contribution < 1.29 is 14.3 Å². The molecule has 6 heteroatoms. The molecule has 1 aromatic rings. The summed E-state index contributed by atoms with van der Waals surface area (Å²) < 4.78 is 11.3. The maximum Gasteiger partial charge on any atom is 0.250 e. The molecule has 0 unspecified atom stereocenters. The van der Waals surface area contributed by atoms with Gasteiger partial charge < -0.3 is 20.1 Å². The highest BCUT2D eigenvalue weighted by molar-refractivity contribution is 6.31. The average molecular weight is 327 g/mol. The minimum absolute atomic E-state index is 0.0460. The molecule has 1 aliphatic heterocycles. The van der Waals surface area contributed by atoms with E-state index in [1.165, 1.54) is 0 Å². The van der Waals surface area contributed by atoms with E-state index in [1.54, 1.807) is 18.2 Å². The number of piperidine rings is 1. The van der Waals surface area contributed by atoms with E-state index in [0.717, 1.165) is 32.4 Å². The number of benzene rings is 1. The van der Waals surface area contributed by atoms with Crippen LogP contribution in [0.5, 0.6) is 5.75 Å². The Morgan fingerprint density at radius 1 is 1.41 bits per heavy atom. The first-order valence-electron chi connectivity index (χ1n) is 7.73. The average Bonchev–Trinajstić information content (AvgIpc) is 2.53. The number of hydrogen-bond acceptors (Lipinski definition) is 4. The topological polar surface area (TPSA) is 59.6 Å². The summed E-state index contributed by atoms with van der Waals surface area (Å²) in [5.41, 5.74) is 0.583. The van der Waals surface area contributed by atoms with Crippen LogP contribution in [0.25, 0.3) is 0 Å². The van der Waals surface area contributed by atoms with Gasteiger partial charge in [-0.1, -0.05) is 18.5 Å². The van der Waals surface area contributed by atoms with Crippen LogP contribution in [-0.4, -0.2) is 38.3 Å². The quantitative estimate of drug-likeness (QED) is 0.809. The van der Waals surface area contributed by atoms with Crippen molar-refractivity contribution in [1.29, 1.82) is 0 Å². The van der Waals surface area contributed by atoms with Gasteiger partial charge in [-0.3, -0.25) is 4.79 Å². The number of nitrogens with one attached hydrogen (secondary N) is 2. The molecule has 22 heavy (non-hydrogen) atoms. The highest BCUT2D eigenvalue weighted by atomic mass is 35.5. The van der Waals surface area contributed by atoms with Crippen LogP contribution in [0.3, 0.4) is 0 Å². The standard InChI is InChI=1S/C16H23ClN2O3/c1-2-9-21-15-4-3-12(17)10-14(15)19-16(20)11-22-13-5-7-18-8-6-13/h3-4,10,13,18H,2,5-9,11H2,1H3,(H,19,20). The number of rotatable bonds is 7. The summed E-state index contributed by atoms with van der Waals surface area (Å²) >= 11 is 5.99. The fourth-order valence-electron chi connectivity index (χ4n) is 2.28. The third-order valence-corrected chi connectivity index (χ3v) is 3.65. The Balaban J connectivity index is 1.87. The van der Waals surface area contributed by atoms with Gasteiger partial charge >= 0.3 is 0 Å². The van der Waals surface area contributed by atoms with E-state index in [9.17, 15) is 4.79 Å². The fraction of sp³-hybridized carbons (Fsp3) is 0.562. The van der Waals surface area contributed by atoms with Crippen LogP contribution in [0.1, 0.15) is 26.2 Å². The Hall–Kier alpha value is -1.30. The summed E-state index contributed by atoms with van der Waals surface area (Å²) in [6, 6.07) is 5.20. The van der Waals surface area contributed by atoms with Crippen LogP contribution in [-0.2, 0) is 9.53 Å². The van der Waals surface area contributed by atoms with E-state index in [1.807, 2.05) is 6.92 Å². The molecule has 2 N–H and O–H groups in total. The molecule has 0 atom stereocenters. The molecule has 1 heterocycles. The lowest BCUT2D eigenvalue weighted by Crippen LogP contribution is -2.34. The molecule has 0 spiro atoms. The Labute approximate surface area is 136 Å². The van der Waals surface area contributed by atoms with Crippen molar-refractivity contribution in [2.45, 2.75) is 32.3 Å². The largest absolute Gasteiger partial charge is 0.491 e. The molecule has 0 aliphatic carbocycles. The van der Waals surface area contributed by atoms with Gasteiger partial charge in [-0.15, -0.1) is 0 Å². The highest BCUT2D eigenvalue weighted by Crippen LogP contribution is 2.28. The van der Waals surface area contributed by atoms with Crippen molar-refractivity contribution in [3.05, 3.63) is 23.2 Å². The number of ether oxygens (including phenoxy) is 2. The zero-order chi connectivity index (χ0) is 15.8. The lowest BCUT2D eigenvalue weighted by molar-refractivity contribution is -0.123. The molecular formula is C16H23ClN2O3. The van der Waals surface area contributed by atoms with Crippen LogP contribution in [0.15, 0.2) is 18.2 Å². The first-order chi connectivity index (χ1) is 10.7. The molecule has 1 aromatic carbocycles. The van der Waals surface area contributed by atoms with Crippen molar-refractivity contribution in [2.75, 3.05) is 31.6 Å². The number of carbonyl (C=O) groups is 1. The van der Waals surface area contributed by atoms with Crippen molar-refractivity contribution >= 4 is 23.2 Å². The maximum absolute atomic E-state index is 12.0. The molecule has 2 rings (SSSR count). The molecule has 1 amide bonds. The lowest BCUT2D eigenvalue weighted by Gasteiger charge is -2.22. The van der Waals surface area contributed by atoms with Crippen LogP contribution in [0.2, 0.25) is 5.02 Å². The van der Waals surface area contributed by atoms with Crippen molar-refractivity contribution in [2.24, 2.45) is 0 Å². The summed E-state index contributed by atoms with van der Waals surface area (Å²) in [5.74, 6) is 0.434. The predicted octanol–water partition coefficient (Wildman–Crippen LogP) is 2.84. The van der Waals surface area contributed by atoms with Gasteiger partial charge in [0.1, 0.15) is 12.4 Å². The van der Waals surface area contributed by atoms with E-state index in [2.05, 4.69) is 10.6 Å². The van der Waals surface area contributed by atoms with Crippen LogP contribution < -0.4 is 15.4 Å². The first-order valence-corrected chi connectivity index (χ1v) is 8.11. The minimum Gasteiger partial charge on any atom is -0.491 e.